The molecule has 1 rings (SSSR count). The first kappa shape index (κ1) is 50.2. The van der Waals surface area contributed by atoms with Crippen molar-refractivity contribution < 1.29 is 85.8 Å². The van der Waals surface area contributed by atoms with Gasteiger partial charge in [0.1, 0.15) is 10.7 Å². The molecule has 18 heteroatoms. The molecule has 0 spiro atoms. The number of carbonyl (C=O) groups excluding carboxylic acids is 1. The van der Waals surface area contributed by atoms with Crippen LogP contribution in [0.1, 0.15) is 111 Å². The summed E-state index contributed by atoms with van der Waals surface area (Å²) in [4.78, 5) is 34.2. The van der Waals surface area contributed by atoms with E-state index in [-0.39, 0.29) is 49.5 Å². The molecule has 44 heavy (non-hydrogen) atoms. The Morgan fingerprint density at radius 3 is 1.80 bits per heavy atom. The average molecular weight is 853 g/mol. The van der Waals surface area contributed by atoms with Gasteiger partial charge in [-0.1, -0.05) is 96.6 Å². The number of carbonyl (C=O) groups is 3. The smallest absolute Gasteiger partial charge is 0 e. The number of halogens is 1. The van der Waals surface area contributed by atoms with E-state index in [1.807, 2.05) is 23.5 Å². The SMILES string of the molecule is CSSC1(O)SSC(N[C@@H](CCCCNC(=O)CCCCCCCCCCCCCCC(=O)O)C(=O)O)SS1.F.[CH2-][N]=[V].[HH].[Y]. The maximum absolute atomic E-state index is 12.1. The van der Waals surface area contributed by atoms with Crippen molar-refractivity contribution in [3.63, 3.8) is 0 Å². The molecule has 0 aromatic rings. The molecule has 9 nitrogen and oxygen atoms in total. The maximum atomic E-state index is 12.1. The first-order valence-electron chi connectivity index (χ1n) is 14.4. The second-order valence-electron chi connectivity index (χ2n) is 9.65. The van der Waals surface area contributed by atoms with Crippen LogP contribution in [-0.2, 0) is 64.3 Å². The van der Waals surface area contributed by atoms with Gasteiger partial charge in [-0.2, -0.15) is 0 Å². The molecule has 0 aromatic carbocycles. The summed E-state index contributed by atoms with van der Waals surface area (Å²) in [5.74, 6) is -1.50. The van der Waals surface area contributed by atoms with Gasteiger partial charge in [0.05, 0.1) is 0 Å². The number of carboxylic acid groups (broad SMARTS) is 2. The molecule has 5 N–H and O–H groups in total. The predicted octanol–water partition coefficient (Wildman–Crippen LogP) is 8.44. The van der Waals surface area contributed by atoms with E-state index < -0.39 is 21.6 Å². The second-order valence-corrected chi connectivity index (χ2v) is 18.7. The standard InChI is InChI=1S/C25H46N2O6S6.CH2N.FH.V.Y.H2/c1-34-37-25(33)38-35-24(36-39-25)27-20(23(31)32)16-14-15-19-26-21(28)17-12-10-8-6-4-2-3-5-7-9-11-13-18-22(29)30;1-2;;;;/h20,24,27,33H,2-19H2,1H3,(H,26,28)(H,29,30)(H,31,32);1H2;1H;;;1H/q;-1;;;;/t20-,24?,25?;;;;;/m0...../s1. The monoisotopic (exact) mass is 852 g/mol. The van der Waals surface area contributed by atoms with Crippen molar-refractivity contribution in [1.29, 1.82) is 0 Å². The van der Waals surface area contributed by atoms with Crippen LogP contribution >= 0.6 is 64.8 Å². The van der Waals surface area contributed by atoms with Gasteiger partial charge in [-0.05, 0) is 70.7 Å². The Kier molecular flexibility index (Phi) is 39.6. The summed E-state index contributed by atoms with van der Waals surface area (Å²) in [6.07, 6.45) is 18.2. The van der Waals surface area contributed by atoms with Crippen LogP contribution in [0.15, 0.2) is 3.79 Å². The summed E-state index contributed by atoms with van der Waals surface area (Å²) >= 11 is 1.98. The van der Waals surface area contributed by atoms with Crippen molar-refractivity contribution >= 4 is 82.6 Å². The number of hydrogen-bond acceptors (Lipinski definition) is 12. The molecule has 0 unspecified atom stereocenters. The number of carboxylic acids is 2. The fourth-order valence-corrected chi connectivity index (χ4v) is 15.2. The third-order valence-corrected chi connectivity index (χ3v) is 16.8. The van der Waals surface area contributed by atoms with E-state index in [0.717, 1.165) is 44.9 Å². The molecule has 1 fully saturated rings. The molecule has 0 bridgehead atoms. The normalized spacial score (nSPS) is 18.0. The van der Waals surface area contributed by atoms with Gasteiger partial charge < -0.3 is 20.6 Å². The molecule has 1 aliphatic heterocycles. The van der Waals surface area contributed by atoms with Gasteiger partial charge in [0.25, 0.3) is 0 Å². The predicted molar refractivity (Wildman–Crippen MR) is 186 cm³/mol. The number of aliphatic carboxylic acids is 2. The summed E-state index contributed by atoms with van der Waals surface area (Å²) in [6, 6.07) is -0.651. The van der Waals surface area contributed by atoms with Crippen LogP contribution in [0.5, 0.6) is 0 Å². The first-order valence-corrected chi connectivity index (χ1v) is 22.0. The number of aliphatic hydroxyl groups is 1. The molecule has 1 saturated heterocycles. The number of nitrogens with one attached hydrogen (secondary N) is 2. The van der Waals surface area contributed by atoms with Gasteiger partial charge in [-0.3, -0.25) is 24.4 Å². The zero-order valence-corrected chi connectivity index (χ0v) is 34.6. The second kappa shape index (κ2) is 34.7. The summed E-state index contributed by atoms with van der Waals surface area (Å²) < 4.78 is 2.14. The number of amides is 1. The third-order valence-electron chi connectivity index (χ3n) is 6.09. The molecule has 1 radical (unpaired) electrons. The molecule has 1 amide bonds. The molecular formula is C26H51FN3O6S6VY-. The van der Waals surface area contributed by atoms with Crippen LogP contribution in [0.2, 0.25) is 0 Å². The van der Waals surface area contributed by atoms with Crippen molar-refractivity contribution in [2.75, 3.05) is 12.8 Å². The third kappa shape index (κ3) is 31.1. The fourth-order valence-electron chi connectivity index (χ4n) is 3.99. The van der Waals surface area contributed by atoms with Gasteiger partial charge in [-0.25, -0.2) is 0 Å². The number of rotatable bonds is 25. The van der Waals surface area contributed by atoms with E-state index in [1.165, 1.54) is 103 Å². The van der Waals surface area contributed by atoms with E-state index >= 15 is 0 Å². The molecule has 1 aliphatic rings. The molecule has 0 saturated carbocycles. The van der Waals surface area contributed by atoms with Crippen LogP contribution in [0.3, 0.4) is 0 Å². The Bertz CT molecular complexity index is 759. The minimum absolute atomic E-state index is 0. The Balaban J connectivity index is -0.00000134. The van der Waals surface area contributed by atoms with Crippen LogP contribution in [0.25, 0.3) is 0 Å². The molecular weight excluding hydrogens is 802 g/mol. The van der Waals surface area contributed by atoms with Crippen LogP contribution < -0.4 is 10.6 Å². The maximum Gasteiger partial charge on any atom is 0 e. The molecule has 258 valence electrons. The van der Waals surface area contributed by atoms with Crippen molar-refractivity contribution in [3.8, 4) is 0 Å². The van der Waals surface area contributed by atoms with Crippen LogP contribution in [-0.4, -0.2) is 60.3 Å². The van der Waals surface area contributed by atoms with Crippen molar-refractivity contribution in [3.05, 3.63) is 7.05 Å². The van der Waals surface area contributed by atoms with E-state index in [9.17, 15) is 24.6 Å². The first-order chi connectivity index (χ1) is 20.2. The quantitative estimate of drug-likeness (QED) is 0.0259. The Morgan fingerprint density at radius 2 is 1.36 bits per heavy atom. The Morgan fingerprint density at radius 1 is 0.909 bits per heavy atom. The fraction of sp³-hybridized carbons (Fsp3) is 0.846. The average Bonchev–Trinajstić information content (AvgIpc) is 2.93. The summed E-state index contributed by atoms with van der Waals surface area (Å²) in [5, 5.41) is 34.7. The molecule has 1 atom stereocenters. The van der Waals surface area contributed by atoms with Crippen LogP contribution in [0.4, 0.5) is 4.70 Å². The minimum atomic E-state index is -0.933. The number of hydrogen-bond donors (Lipinski definition) is 5. The van der Waals surface area contributed by atoms with Crippen LogP contribution in [0, 0.1) is 7.05 Å². The topological polar surface area (TPSA) is 148 Å². The van der Waals surface area contributed by atoms with Gasteiger partial charge in [0, 0.05) is 53.5 Å². The van der Waals surface area contributed by atoms with E-state index in [2.05, 4.69) is 21.5 Å². The van der Waals surface area contributed by atoms with Gasteiger partial charge in [-0.15, -0.1) is 0 Å². The molecule has 1 heterocycles. The van der Waals surface area contributed by atoms with E-state index in [4.69, 9.17) is 5.11 Å². The van der Waals surface area contributed by atoms with Crippen molar-refractivity contribution in [2.45, 2.75) is 123 Å². The number of nitrogens with zero attached hydrogens (tertiary/aromatic N) is 1. The summed E-state index contributed by atoms with van der Waals surface area (Å²) in [5.41, 5.74) is 0. The van der Waals surface area contributed by atoms with Gasteiger partial charge >= 0.3 is 40.0 Å². The molecule has 0 aromatic heterocycles. The summed E-state index contributed by atoms with van der Waals surface area (Å²) in [7, 11) is 11.6. The summed E-state index contributed by atoms with van der Waals surface area (Å²) in [6.45, 7) is 0.572. The van der Waals surface area contributed by atoms with E-state index in [0.29, 0.717) is 32.2 Å². The van der Waals surface area contributed by atoms with Crippen molar-refractivity contribution in [2.24, 2.45) is 3.79 Å². The van der Waals surface area contributed by atoms with Crippen molar-refractivity contribution in [1.82, 2.24) is 10.6 Å². The minimum Gasteiger partial charge on any atom is 0 e. The zero-order chi connectivity index (χ0) is 31.5. The molecule has 0 aliphatic carbocycles. The Hall–Kier alpha value is 1.85. The number of unbranched alkanes of at least 4 members (excludes halogenated alkanes) is 12. The van der Waals surface area contributed by atoms with Gasteiger partial charge in [0.15, 0.2) is 0 Å². The Labute approximate surface area is 322 Å². The largest absolute Gasteiger partial charge is 0 e. The van der Waals surface area contributed by atoms with E-state index in [1.54, 1.807) is 0 Å². The van der Waals surface area contributed by atoms with Gasteiger partial charge in [0.2, 0.25) is 9.50 Å². The zero-order valence-electron chi connectivity index (χ0n) is 25.5.